The lowest BCUT2D eigenvalue weighted by Gasteiger charge is -2.24. The van der Waals surface area contributed by atoms with Crippen LogP contribution in [0.1, 0.15) is 29.8 Å². The van der Waals surface area contributed by atoms with Gasteiger partial charge in [-0.1, -0.05) is 24.6 Å². The van der Waals surface area contributed by atoms with Crippen molar-refractivity contribution in [2.45, 2.75) is 19.3 Å². The van der Waals surface area contributed by atoms with Crippen LogP contribution in [0, 0.1) is 5.92 Å². The van der Waals surface area contributed by atoms with Gasteiger partial charge in [0.2, 0.25) is 5.69 Å². The van der Waals surface area contributed by atoms with Crippen LogP contribution < -0.4 is 4.74 Å². The Balaban J connectivity index is 1.84. The van der Waals surface area contributed by atoms with Crippen molar-refractivity contribution in [1.82, 2.24) is 9.78 Å². The summed E-state index contributed by atoms with van der Waals surface area (Å²) >= 11 is 0. The molecule has 0 atom stereocenters. The number of aromatic nitrogens is 2. The fraction of sp³-hybridized carbons (Fsp3) is 0.333. The number of carbonyl (C=O) groups is 1. The van der Waals surface area contributed by atoms with Crippen molar-refractivity contribution in [3.05, 3.63) is 42.2 Å². The fourth-order valence-corrected chi connectivity index (χ4v) is 2.19. The Kier molecular flexibility index (Phi) is 3.41. The summed E-state index contributed by atoms with van der Waals surface area (Å²) in [4.78, 5) is 11.2. The molecule has 1 N–H and O–H groups in total. The van der Waals surface area contributed by atoms with E-state index >= 15 is 0 Å². The zero-order valence-corrected chi connectivity index (χ0v) is 11.0. The van der Waals surface area contributed by atoms with Gasteiger partial charge in [0, 0.05) is 0 Å². The molecular formula is C15H16N2O3. The number of carboxylic acid groups (broad SMARTS) is 1. The van der Waals surface area contributed by atoms with Crippen molar-refractivity contribution in [1.29, 1.82) is 0 Å². The van der Waals surface area contributed by atoms with E-state index in [1.54, 1.807) is 10.9 Å². The monoisotopic (exact) mass is 272 g/mol. The first-order chi connectivity index (χ1) is 9.74. The first-order valence-corrected chi connectivity index (χ1v) is 6.75. The maximum absolute atomic E-state index is 11.2. The third-order valence-electron chi connectivity index (χ3n) is 3.60. The van der Waals surface area contributed by atoms with Crippen molar-refractivity contribution >= 4 is 5.97 Å². The molecule has 0 bridgehead atoms. The molecule has 0 saturated heterocycles. The molecule has 1 saturated carbocycles. The molecule has 20 heavy (non-hydrogen) atoms. The molecule has 1 aromatic heterocycles. The molecule has 0 amide bonds. The van der Waals surface area contributed by atoms with Gasteiger partial charge in [0.1, 0.15) is 0 Å². The Morgan fingerprint density at radius 3 is 2.70 bits per heavy atom. The van der Waals surface area contributed by atoms with E-state index in [1.807, 2.05) is 30.3 Å². The molecule has 0 aliphatic heterocycles. The van der Waals surface area contributed by atoms with Crippen molar-refractivity contribution < 1.29 is 14.6 Å². The van der Waals surface area contributed by atoms with E-state index in [-0.39, 0.29) is 5.69 Å². The highest BCUT2D eigenvalue weighted by Gasteiger charge is 2.22. The van der Waals surface area contributed by atoms with Crippen LogP contribution in [-0.2, 0) is 0 Å². The van der Waals surface area contributed by atoms with Crippen molar-refractivity contribution in [3.8, 4) is 11.4 Å². The highest BCUT2D eigenvalue weighted by molar-refractivity contribution is 5.88. The van der Waals surface area contributed by atoms with Crippen LogP contribution in [0.3, 0.4) is 0 Å². The summed E-state index contributed by atoms with van der Waals surface area (Å²) < 4.78 is 7.18. The van der Waals surface area contributed by atoms with Crippen LogP contribution >= 0.6 is 0 Å². The number of benzene rings is 1. The third-order valence-corrected chi connectivity index (χ3v) is 3.60. The molecule has 104 valence electrons. The summed E-state index contributed by atoms with van der Waals surface area (Å²) in [6.45, 7) is 0.570. The zero-order chi connectivity index (χ0) is 13.9. The van der Waals surface area contributed by atoms with Gasteiger partial charge in [0.05, 0.1) is 18.5 Å². The van der Waals surface area contributed by atoms with Gasteiger partial charge in [-0.05, 0) is 30.9 Å². The molecule has 0 spiro atoms. The van der Waals surface area contributed by atoms with Gasteiger partial charge in [0.25, 0.3) is 0 Å². The highest BCUT2D eigenvalue weighted by Crippen LogP contribution is 2.28. The maximum Gasteiger partial charge on any atom is 0.360 e. The van der Waals surface area contributed by atoms with Crippen molar-refractivity contribution in [3.63, 3.8) is 0 Å². The minimum atomic E-state index is -1.07. The number of hydrogen-bond donors (Lipinski definition) is 1. The summed E-state index contributed by atoms with van der Waals surface area (Å²) in [5.41, 5.74) is 0.779. The van der Waals surface area contributed by atoms with Gasteiger partial charge in [-0.15, -0.1) is 0 Å². The third kappa shape index (κ3) is 2.52. The SMILES string of the molecule is O=C(O)c1nn(-c2ccccc2)cc1OCC1CCC1. The van der Waals surface area contributed by atoms with E-state index in [0.717, 1.165) is 18.5 Å². The Hall–Kier alpha value is -2.30. The Morgan fingerprint density at radius 1 is 1.35 bits per heavy atom. The summed E-state index contributed by atoms with van der Waals surface area (Å²) in [5.74, 6) is -0.173. The molecule has 1 aromatic carbocycles. The topological polar surface area (TPSA) is 64.3 Å². The number of rotatable bonds is 5. The largest absolute Gasteiger partial charge is 0.489 e. The van der Waals surface area contributed by atoms with Gasteiger partial charge in [-0.2, -0.15) is 5.10 Å². The summed E-state index contributed by atoms with van der Waals surface area (Å²) in [6.07, 6.45) is 5.20. The van der Waals surface area contributed by atoms with Crippen molar-refractivity contribution in [2.75, 3.05) is 6.61 Å². The molecule has 1 aliphatic rings. The molecular weight excluding hydrogens is 256 g/mol. The van der Waals surface area contributed by atoms with E-state index < -0.39 is 5.97 Å². The molecule has 0 unspecified atom stereocenters. The lowest BCUT2D eigenvalue weighted by atomic mass is 9.86. The molecule has 1 aliphatic carbocycles. The predicted octanol–water partition coefficient (Wildman–Crippen LogP) is 2.75. The summed E-state index contributed by atoms with van der Waals surface area (Å²) in [6, 6.07) is 9.40. The van der Waals surface area contributed by atoms with Gasteiger partial charge in [-0.3, -0.25) is 0 Å². The molecule has 5 nitrogen and oxygen atoms in total. The van der Waals surface area contributed by atoms with Gasteiger partial charge in [-0.25, -0.2) is 9.48 Å². The minimum absolute atomic E-state index is 0.0341. The molecule has 0 radical (unpaired) electrons. The second-order valence-corrected chi connectivity index (χ2v) is 5.04. The summed E-state index contributed by atoms with van der Waals surface area (Å²) in [5, 5.41) is 13.3. The number of hydrogen-bond acceptors (Lipinski definition) is 3. The Morgan fingerprint density at radius 2 is 2.10 bits per heavy atom. The standard InChI is InChI=1S/C15H16N2O3/c18-15(19)14-13(20-10-11-5-4-6-11)9-17(16-14)12-7-2-1-3-8-12/h1-3,7-9,11H,4-6,10H2,(H,18,19). The molecule has 2 aromatic rings. The van der Waals surface area contributed by atoms with Crippen LogP contribution in [0.25, 0.3) is 5.69 Å². The van der Waals surface area contributed by atoms with E-state index in [1.165, 1.54) is 6.42 Å². The van der Waals surface area contributed by atoms with E-state index in [0.29, 0.717) is 18.3 Å². The van der Waals surface area contributed by atoms with Gasteiger partial charge >= 0.3 is 5.97 Å². The van der Waals surface area contributed by atoms with Gasteiger partial charge < -0.3 is 9.84 Å². The molecule has 3 rings (SSSR count). The normalized spacial score (nSPS) is 14.8. The maximum atomic E-state index is 11.2. The molecule has 5 heteroatoms. The second kappa shape index (κ2) is 5.36. The lowest BCUT2D eigenvalue weighted by molar-refractivity contribution is 0.0683. The first-order valence-electron chi connectivity index (χ1n) is 6.75. The lowest BCUT2D eigenvalue weighted by Crippen LogP contribution is -2.19. The summed E-state index contributed by atoms with van der Waals surface area (Å²) in [7, 11) is 0. The van der Waals surface area contributed by atoms with E-state index in [4.69, 9.17) is 4.74 Å². The van der Waals surface area contributed by atoms with Crippen molar-refractivity contribution in [2.24, 2.45) is 5.92 Å². The fourth-order valence-electron chi connectivity index (χ4n) is 2.19. The van der Waals surface area contributed by atoms with Crippen LogP contribution in [0.5, 0.6) is 5.75 Å². The van der Waals surface area contributed by atoms with Crippen LogP contribution in [0.2, 0.25) is 0 Å². The van der Waals surface area contributed by atoms with Gasteiger partial charge in [0.15, 0.2) is 5.75 Å². The average molecular weight is 272 g/mol. The minimum Gasteiger partial charge on any atom is -0.489 e. The Labute approximate surface area is 116 Å². The molecule has 1 heterocycles. The van der Waals surface area contributed by atoms with Crippen LogP contribution in [0.4, 0.5) is 0 Å². The number of carboxylic acids is 1. The second-order valence-electron chi connectivity index (χ2n) is 5.04. The molecule has 1 fully saturated rings. The quantitative estimate of drug-likeness (QED) is 0.909. The average Bonchev–Trinajstić information content (AvgIpc) is 2.82. The number of aromatic carboxylic acids is 1. The highest BCUT2D eigenvalue weighted by atomic mass is 16.5. The number of para-hydroxylation sites is 1. The number of ether oxygens (including phenoxy) is 1. The van der Waals surface area contributed by atoms with E-state index in [2.05, 4.69) is 5.10 Å². The zero-order valence-electron chi connectivity index (χ0n) is 11.0. The Bertz CT molecular complexity index is 603. The first kappa shape index (κ1) is 12.7. The number of nitrogens with zero attached hydrogens (tertiary/aromatic N) is 2. The smallest absolute Gasteiger partial charge is 0.360 e. The van der Waals surface area contributed by atoms with E-state index in [9.17, 15) is 9.90 Å². The predicted molar refractivity (Wildman–Crippen MR) is 73.4 cm³/mol. The van der Waals surface area contributed by atoms with Crippen LogP contribution in [-0.4, -0.2) is 27.5 Å². The van der Waals surface area contributed by atoms with Crippen LogP contribution in [0.15, 0.2) is 36.5 Å².